The molecule has 25 heteroatoms. The molecule has 1 saturated heterocycles. The van der Waals surface area contributed by atoms with Crippen LogP contribution in [0.15, 0.2) is 53.4 Å². The maximum Gasteiger partial charge on any atom is 0.323 e. The summed E-state index contributed by atoms with van der Waals surface area (Å²) in [5.41, 5.74) is 3.99. The molecule has 0 bridgehead atoms. The Hall–Kier alpha value is -6.77. The average molecular weight is 1070 g/mol. The van der Waals surface area contributed by atoms with Crippen molar-refractivity contribution in [2.24, 2.45) is 0 Å². The van der Waals surface area contributed by atoms with E-state index in [1.54, 1.807) is 31.7 Å². The number of carboxylic acids is 4. The number of pyridine rings is 1. The summed E-state index contributed by atoms with van der Waals surface area (Å²) in [6.45, 7) is 4.91. The van der Waals surface area contributed by atoms with Gasteiger partial charge in [-0.1, -0.05) is 18.2 Å². The quantitative estimate of drug-likeness (QED) is 0.0473. The molecule has 9 N–H and O–H groups in total. The van der Waals surface area contributed by atoms with Crippen molar-refractivity contribution >= 4 is 57.4 Å². The summed E-state index contributed by atoms with van der Waals surface area (Å²) in [6, 6.07) is 12.3. The number of carbonyl (C=O) groups is 7. The molecule has 0 saturated carbocycles. The third kappa shape index (κ3) is 20.5. The summed E-state index contributed by atoms with van der Waals surface area (Å²) in [6.07, 6.45) is 3.87. The largest absolute Gasteiger partial charge is 0.494 e. The third-order valence-corrected chi connectivity index (χ3v) is 14.3. The summed E-state index contributed by atoms with van der Waals surface area (Å²) in [4.78, 5) is 96.7. The Bertz CT molecular complexity index is 2530. The van der Waals surface area contributed by atoms with Gasteiger partial charge in [0.05, 0.1) is 37.7 Å². The molecule has 0 spiro atoms. The Labute approximate surface area is 436 Å². The molecular weight excluding hydrogens is 997 g/mol. The molecule has 5 rings (SSSR count). The normalized spacial score (nSPS) is 15.7. The van der Waals surface area contributed by atoms with Crippen molar-refractivity contribution < 1.29 is 67.1 Å². The maximum absolute atomic E-state index is 13.6. The number of carboxylic acid groups (broad SMARTS) is 4. The molecule has 2 aromatic carbocycles. The van der Waals surface area contributed by atoms with E-state index < -0.39 is 52.4 Å². The van der Waals surface area contributed by atoms with Crippen LogP contribution in [0.5, 0.6) is 5.75 Å². The van der Waals surface area contributed by atoms with Crippen molar-refractivity contribution in [1.29, 1.82) is 0 Å². The van der Waals surface area contributed by atoms with Gasteiger partial charge in [-0.25, -0.2) is 13.4 Å². The topological polar surface area (TPSA) is 330 Å². The predicted molar refractivity (Wildman–Crippen MR) is 274 cm³/mol. The smallest absolute Gasteiger partial charge is 0.323 e. The van der Waals surface area contributed by atoms with E-state index in [4.69, 9.17) is 9.72 Å². The lowest BCUT2D eigenvalue weighted by Crippen LogP contribution is -2.50. The summed E-state index contributed by atoms with van der Waals surface area (Å²) in [7, 11) is -4.40. The lowest BCUT2D eigenvalue weighted by Gasteiger charge is -2.32. The van der Waals surface area contributed by atoms with Crippen molar-refractivity contribution in [2.45, 2.75) is 63.3 Å². The monoisotopic (exact) mass is 1070 g/mol. The van der Waals surface area contributed by atoms with Gasteiger partial charge in [0.25, 0.3) is 5.91 Å². The number of aliphatic carboxylic acids is 4. The van der Waals surface area contributed by atoms with Crippen LogP contribution in [0.2, 0.25) is 0 Å². The molecule has 0 radical (unpaired) electrons. The summed E-state index contributed by atoms with van der Waals surface area (Å²) < 4.78 is 35.2. The van der Waals surface area contributed by atoms with Gasteiger partial charge in [-0.2, -0.15) is 4.72 Å². The van der Waals surface area contributed by atoms with Gasteiger partial charge in [0, 0.05) is 96.2 Å². The van der Waals surface area contributed by atoms with E-state index in [0.717, 1.165) is 36.5 Å². The average Bonchev–Trinajstić information content (AvgIpc) is 3.34. The summed E-state index contributed by atoms with van der Waals surface area (Å²) >= 11 is 0. The van der Waals surface area contributed by atoms with Gasteiger partial charge in [-0.3, -0.25) is 53.2 Å². The minimum Gasteiger partial charge on any atom is -0.494 e. The second kappa shape index (κ2) is 29.4. The zero-order chi connectivity index (χ0) is 54.5. The van der Waals surface area contributed by atoms with Crippen LogP contribution in [0.4, 0.5) is 5.82 Å². The fourth-order valence-corrected chi connectivity index (χ4v) is 10.3. The molecule has 0 aliphatic carbocycles. The molecule has 24 nitrogen and oxygen atoms in total. The van der Waals surface area contributed by atoms with Crippen molar-refractivity contribution in [3.05, 3.63) is 82.0 Å². The van der Waals surface area contributed by atoms with Crippen molar-refractivity contribution in [3.63, 3.8) is 0 Å². The highest BCUT2D eigenvalue weighted by Gasteiger charge is 2.29. The van der Waals surface area contributed by atoms with Crippen LogP contribution in [0.25, 0.3) is 0 Å². The van der Waals surface area contributed by atoms with E-state index in [1.807, 2.05) is 18.2 Å². The molecule has 1 aromatic heterocycles. The first-order valence-corrected chi connectivity index (χ1v) is 26.4. The Morgan fingerprint density at radius 3 is 1.76 bits per heavy atom. The molecule has 75 heavy (non-hydrogen) atoms. The number of sulfonamides is 1. The van der Waals surface area contributed by atoms with E-state index in [1.165, 1.54) is 31.5 Å². The Morgan fingerprint density at radius 1 is 0.693 bits per heavy atom. The number of aryl methyl sites for hydroxylation is 5. The lowest BCUT2D eigenvalue weighted by molar-refractivity contribution is -0.140. The first kappa shape index (κ1) is 59.1. The van der Waals surface area contributed by atoms with Gasteiger partial charge in [0.2, 0.25) is 21.8 Å². The van der Waals surface area contributed by atoms with Crippen LogP contribution >= 0.6 is 0 Å². The van der Waals surface area contributed by atoms with Crippen LogP contribution in [0, 0.1) is 13.8 Å². The number of amides is 3. The molecular formula is C50H70N10O14S. The van der Waals surface area contributed by atoms with Gasteiger partial charge in [0.15, 0.2) is 0 Å². The number of rotatable bonds is 26. The van der Waals surface area contributed by atoms with Crippen molar-refractivity contribution in [1.82, 2.24) is 45.3 Å². The number of nitrogens with zero attached hydrogens (tertiary/aromatic N) is 5. The van der Waals surface area contributed by atoms with Crippen LogP contribution in [0.3, 0.4) is 0 Å². The van der Waals surface area contributed by atoms with Gasteiger partial charge in [-0.05, 0) is 98.5 Å². The third-order valence-electron chi connectivity index (χ3n) is 12.6. The highest BCUT2D eigenvalue weighted by Crippen LogP contribution is 2.26. The second-order valence-corrected chi connectivity index (χ2v) is 20.2. The molecule has 1 fully saturated rings. The van der Waals surface area contributed by atoms with Crippen molar-refractivity contribution in [3.8, 4) is 5.75 Å². The first-order chi connectivity index (χ1) is 35.7. The fourth-order valence-electron chi connectivity index (χ4n) is 8.70. The number of carbonyl (C=O) groups excluding carboxylic acids is 3. The SMILES string of the molecule is Cc1cc(OCCCC(=O)NCCNC(=O)CN2CCN(CC(=O)O)CCN(CC(=O)O)CCN(CC(=O)O)CC2)cc(C)c1S(=O)(=O)N[C@@H](CNC(=O)c1ccc(CCc2ccc3c(n2)NCCC3)cc1)C(=O)O. The number of benzene rings is 2. The van der Waals surface area contributed by atoms with Crippen LogP contribution in [0.1, 0.15) is 57.6 Å². The molecule has 2 aliphatic rings. The van der Waals surface area contributed by atoms with E-state index in [-0.39, 0.29) is 138 Å². The Morgan fingerprint density at radius 2 is 1.23 bits per heavy atom. The number of nitrogens with one attached hydrogen (secondary N) is 5. The van der Waals surface area contributed by atoms with Crippen LogP contribution in [-0.4, -0.2) is 212 Å². The van der Waals surface area contributed by atoms with E-state index in [9.17, 15) is 62.4 Å². The molecule has 1 atom stereocenters. The van der Waals surface area contributed by atoms with Crippen LogP contribution < -0.4 is 30.7 Å². The Kier molecular flexibility index (Phi) is 23.1. The molecule has 3 heterocycles. The molecule has 3 aromatic rings. The minimum atomic E-state index is -4.40. The van der Waals surface area contributed by atoms with Gasteiger partial charge in [-0.15, -0.1) is 0 Å². The van der Waals surface area contributed by atoms with E-state index >= 15 is 0 Å². The zero-order valence-corrected chi connectivity index (χ0v) is 43.3. The molecule has 0 unspecified atom stereocenters. The number of hydrogen-bond acceptors (Lipinski definition) is 16. The number of hydrogen-bond donors (Lipinski definition) is 9. The summed E-state index contributed by atoms with van der Waals surface area (Å²) in [5.74, 6) is -4.64. The Balaban J connectivity index is 1.02. The molecule has 410 valence electrons. The van der Waals surface area contributed by atoms with Gasteiger partial charge >= 0.3 is 23.9 Å². The molecule has 2 aliphatic heterocycles. The highest BCUT2D eigenvalue weighted by molar-refractivity contribution is 7.89. The number of aromatic nitrogens is 1. The lowest BCUT2D eigenvalue weighted by atomic mass is 10.0. The molecule has 3 amide bonds. The van der Waals surface area contributed by atoms with Crippen molar-refractivity contribution in [2.75, 3.05) is 117 Å². The van der Waals surface area contributed by atoms with E-state index in [2.05, 4.69) is 32.1 Å². The van der Waals surface area contributed by atoms with Gasteiger partial charge < -0.3 is 46.4 Å². The number of ether oxygens (including phenoxy) is 1. The minimum absolute atomic E-state index is 0.0751. The first-order valence-electron chi connectivity index (χ1n) is 24.9. The van der Waals surface area contributed by atoms with Crippen LogP contribution in [-0.2, 0) is 58.1 Å². The highest BCUT2D eigenvalue weighted by atomic mass is 32.2. The second-order valence-electron chi connectivity index (χ2n) is 18.6. The number of fused-ring (bicyclic) bond motifs is 1. The zero-order valence-electron chi connectivity index (χ0n) is 42.5. The fraction of sp³-hybridized carbons (Fsp3) is 0.520. The van der Waals surface area contributed by atoms with Gasteiger partial charge in [0.1, 0.15) is 17.6 Å². The number of anilines is 1. The van der Waals surface area contributed by atoms with E-state index in [0.29, 0.717) is 25.0 Å². The predicted octanol–water partition coefficient (Wildman–Crippen LogP) is -0.130. The standard InChI is InChI=1S/C50H70N10O14S/c1-34-27-40(28-35(2)47(34)75(72,73)56-41(50(70)71)29-54-49(69)38-10-7-36(8-11-38)9-13-39-14-12-37-5-3-15-53-48(37)55-39)74-26-4-6-42(61)51-16-17-52-43(62)30-57-18-20-58(31-44(63)64)22-24-60(33-46(67)68)25-23-59(21-19-57)32-45(65)66/h7-8,10-12,14,27-28,41,56H,3-6,9,13,15-26,29-33H2,1-2H3,(H,51,61)(H,52,62)(H,53,55)(H,54,69)(H,63,64)(H,65,66)(H,67,68)(H,70,71)/t41-/m0/s1. The summed E-state index contributed by atoms with van der Waals surface area (Å²) in [5, 5.41) is 49.5. The maximum atomic E-state index is 13.6.